The van der Waals surface area contributed by atoms with Crippen LogP contribution in [-0.2, 0) is 33.7 Å². The monoisotopic (exact) mass is 445 g/mol. The molecule has 3 rings (SSSR count). The summed E-state index contributed by atoms with van der Waals surface area (Å²) in [6.45, 7) is -3.12. The second-order valence-electron chi connectivity index (χ2n) is 7.69. The Bertz CT molecular complexity index is 975. The number of aryl methyl sites for hydroxylation is 2. The second-order valence-corrected chi connectivity index (χ2v) is 7.69. The summed E-state index contributed by atoms with van der Waals surface area (Å²) in [7, 11) is 1.54. The number of ketones is 1. The van der Waals surface area contributed by atoms with Crippen LogP contribution in [-0.4, -0.2) is 42.8 Å². The number of benzene rings is 2. The highest BCUT2D eigenvalue weighted by molar-refractivity contribution is 5.98. The van der Waals surface area contributed by atoms with Gasteiger partial charge in [0.2, 0.25) is 0 Å². The van der Waals surface area contributed by atoms with Crippen molar-refractivity contribution in [3.63, 3.8) is 0 Å². The van der Waals surface area contributed by atoms with Crippen molar-refractivity contribution in [3.05, 3.63) is 64.7 Å². The Morgan fingerprint density at radius 2 is 1.72 bits per heavy atom. The third kappa shape index (κ3) is 6.60. The number of carbonyl (C=O) groups is 3. The molecule has 170 valence electrons. The van der Waals surface area contributed by atoms with Crippen LogP contribution in [0.3, 0.4) is 0 Å². The first-order chi connectivity index (χ1) is 15.3. The van der Waals surface area contributed by atoms with Gasteiger partial charge in [0.1, 0.15) is 5.75 Å². The summed E-state index contributed by atoms with van der Waals surface area (Å²) < 4.78 is 33.6. The molecule has 0 aromatic heterocycles. The normalized spacial score (nSPS) is 12.4. The zero-order valence-electron chi connectivity index (χ0n) is 17.8. The number of alkyl halides is 2. The average Bonchev–Trinajstić information content (AvgIpc) is 3.24. The molecule has 0 saturated carbocycles. The van der Waals surface area contributed by atoms with E-state index in [2.05, 4.69) is 4.74 Å². The molecule has 6 nitrogen and oxygen atoms in total. The number of rotatable bonds is 10. The van der Waals surface area contributed by atoms with E-state index in [-0.39, 0.29) is 30.9 Å². The molecule has 0 fully saturated rings. The zero-order chi connectivity index (χ0) is 23.1. The van der Waals surface area contributed by atoms with Crippen LogP contribution in [0.15, 0.2) is 42.5 Å². The molecule has 0 bridgehead atoms. The first-order valence-electron chi connectivity index (χ1n) is 10.4. The van der Waals surface area contributed by atoms with Gasteiger partial charge in [-0.05, 0) is 54.2 Å². The lowest BCUT2D eigenvalue weighted by molar-refractivity contribution is -0.151. The van der Waals surface area contributed by atoms with Crippen LogP contribution in [0.1, 0.15) is 46.3 Å². The number of nitrogens with zero attached hydrogens (tertiary/aromatic N) is 1. The van der Waals surface area contributed by atoms with Gasteiger partial charge in [0.05, 0.1) is 6.42 Å². The number of likely N-dealkylation sites (N-methyl/N-ethyl adjacent to an activating group) is 1. The molecule has 2 aromatic carbocycles. The van der Waals surface area contributed by atoms with Gasteiger partial charge >= 0.3 is 12.6 Å². The van der Waals surface area contributed by atoms with Gasteiger partial charge in [-0.1, -0.05) is 24.3 Å². The molecule has 0 radical (unpaired) electrons. The highest BCUT2D eigenvalue weighted by Gasteiger charge is 2.17. The fourth-order valence-corrected chi connectivity index (χ4v) is 3.57. The van der Waals surface area contributed by atoms with Crippen molar-refractivity contribution in [1.29, 1.82) is 0 Å². The quantitative estimate of drug-likeness (QED) is 0.409. The molecule has 0 saturated heterocycles. The molecular formula is C24H25F2NO5. The van der Waals surface area contributed by atoms with Crippen molar-refractivity contribution >= 4 is 17.7 Å². The van der Waals surface area contributed by atoms with E-state index in [4.69, 9.17) is 4.74 Å². The van der Waals surface area contributed by atoms with Crippen molar-refractivity contribution in [1.82, 2.24) is 4.90 Å². The smallest absolute Gasteiger partial charge is 0.387 e. The Morgan fingerprint density at radius 3 is 2.44 bits per heavy atom. The van der Waals surface area contributed by atoms with Gasteiger partial charge in [-0.25, -0.2) is 0 Å². The van der Waals surface area contributed by atoms with E-state index in [1.807, 2.05) is 12.1 Å². The highest BCUT2D eigenvalue weighted by Crippen LogP contribution is 2.23. The molecule has 1 amide bonds. The largest absolute Gasteiger partial charge is 0.456 e. The van der Waals surface area contributed by atoms with Gasteiger partial charge in [0.25, 0.3) is 5.91 Å². The van der Waals surface area contributed by atoms with Crippen LogP contribution in [0.5, 0.6) is 5.75 Å². The summed E-state index contributed by atoms with van der Waals surface area (Å²) in [4.78, 5) is 37.8. The highest BCUT2D eigenvalue weighted by atomic mass is 19.3. The van der Waals surface area contributed by atoms with Crippen molar-refractivity contribution < 1.29 is 32.6 Å². The third-order valence-corrected chi connectivity index (χ3v) is 5.33. The lowest BCUT2D eigenvalue weighted by atomic mass is 10.0. The summed E-state index contributed by atoms with van der Waals surface area (Å²) >= 11 is 0. The first-order valence-corrected chi connectivity index (χ1v) is 10.4. The number of halogens is 2. The van der Waals surface area contributed by atoms with Crippen LogP contribution in [0.2, 0.25) is 0 Å². The Balaban J connectivity index is 1.39. The standard InChI is InChI=1S/C24H25F2NO5/c1-27(14-16-5-9-20(10-6-16)32-24(25)26)22(29)15-31-23(30)12-11-21(28)19-8-7-17-3-2-4-18(17)13-19/h5-10,13,24H,2-4,11-12,14-15H2,1H3. The predicted molar refractivity (Wildman–Crippen MR) is 113 cm³/mol. The Kier molecular flexibility index (Phi) is 7.92. The topological polar surface area (TPSA) is 72.9 Å². The fourth-order valence-electron chi connectivity index (χ4n) is 3.57. The number of carbonyl (C=O) groups excluding carboxylic acids is 3. The molecule has 8 heteroatoms. The first kappa shape index (κ1) is 23.4. The summed E-state index contributed by atoms with van der Waals surface area (Å²) in [5.41, 5.74) is 3.78. The van der Waals surface area contributed by atoms with E-state index < -0.39 is 25.1 Å². The average molecular weight is 445 g/mol. The van der Waals surface area contributed by atoms with Crippen molar-refractivity contribution in [3.8, 4) is 5.75 Å². The maximum absolute atomic E-state index is 12.3. The number of hydrogen-bond acceptors (Lipinski definition) is 5. The summed E-state index contributed by atoms with van der Waals surface area (Å²) in [5, 5.41) is 0. The molecule has 32 heavy (non-hydrogen) atoms. The van der Waals surface area contributed by atoms with E-state index in [1.54, 1.807) is 18.2 Å². The maximum atomic E-state index is 12.3. The summed E-state index contributed by atoms with van der Waals surface area (Å²) in [6.07, 6.45) is 3.03. The van der Waals surface area contributed by atoms with Gasteiger partial charge in [0, 0.05) is 25.6 Å². The van der Waals surface area contributed by atoms with Gasteiger partial charge in [-0.2, -0.15) is 8.78 Å². The van der Waals surface area contributed by atoms with E-state index in [0.717, 1.165) is 19.3 Å². The number of Topliss-reactive ketones (excluding diaryl/α,β-unsaturated/α-hetero) is 1. The van der Waals surface area contributed by atoms with Crippen LogP contribution in [0.25, 0.3) is 0 Å². The molecule has 0 heterocycles. The van der Waals surface area contributed by atoms with E-state index >= 15 is 0 Å². The summed E-state index contributed by atoms with van der Waals surface area (Å²) in [6, 6.07) is 11.6. The van der Waals surface area contributed by atoms with Crippen molar-refractivity contribution in [2.24, 2.45) is 0 Å². The van der Waals surface area contributed by atoms with Crippen molar-refractivity contribution in [2.45, 2.75) is 45.3 Å². The van der Waals surface area contributed by atoms with E-state index in [0.29, 0.717) is 11.1 Å². The SMILES string of the molecule is CN(Cc1ccc(OC(F)F)cc1)C(=O)COC(=O)CCC(=O)c1ccc2c(c1)CCC2. The van der Waals surface area contributed by atoms with Crippen LogP contribution in [0.4, 0.5) is 8.78 Å². The molecule has 1 aliphatic carbocycles. The Labute approximate surface area is 185 Å². The minimum atomic E-state index is -2.90. The third-order valence-electron chi connectivity index (χ3n) is 5.33. The second kappa shape index (κ2) is 10.8. The van der Waals surface area contributed by atoms with Gasteiger partial charge in [-0.15, -0.1) is 0 Å². The lowest BCUT2D eigenvalue weighted by Crippen LogP contribution is -2.30. The molecule has 0 unspecified atom stereocenters. The van der Waals surface area contributed by atoms with Crippen LogP contribution in [0, 0.1) is 0 Å². The Hall–Kier alpha value is -3.29. The lowest BCUT2D eigenvalue weighted by Gasteiger charge is -2.17. The van der Waals surface area contributed by atoms with Gasteiger partial charge in [0.15, 0.2) is 12.4 Å². The van der Waals surface area contributed by atoms with E-state index in [1.165, 1.54) is 35.2 Å². The molecule has 0 N–H and O–H groups in total. The number of fused-ring (bicyclic) bond motifs is 1. The molecule has 0 aliphatic heterocycles. The molecular weight excluding hydrogens is 420 g/mol. The number of amides is 1. The summed E-state index contributed by atoms with van der Waals surface area (Å²) in [5.74, 6) is -1.13. The number of esters is 1. The van der Waals surface area contributed by atoms with Crippen LogP contribution < -0.4 is 4.74 Å². The van der Waals surface area contributed by atoms with Gasteiger partial charge in [-0.3, -0.25) is 14.4 Å². The maximum Gasteiger partial charge on any atom is 0.387 e. The van der Waals surface area contributed by atoms with Crippen LogP contribution >= 0.6 is 0 Å². The van der Waals surface area contributed by atoms with E-state index in [9.17, 15) is 23.2 Å². The predicted octanol–water partition coefficient (Wildman–Crippen LogP) is 3.94. The van der Waals surface area contributed by atoms with Crippen molar-refractivity contribution in [2.75, 3.05) is 13.7 Å². The zero-order valence-corrected chi connectivity index (χ0v) is 17.8. The molecule has 1 aliphatic rings. The number of ether oxygens (including phenoxy) is 2. The Morgan fingerprint density at radius 1 is 1.00 bits per heavy atom. The molecule has 0 atom stereocenters. The molecule has 0 spiro atoms. The minimum absolute atomic E-state index is 0.0225. The minimum Gasteiger partial charge on any atom is -0.456 e. The molecule has 2 aromatic rings. The fraction of sp³-hybridized carbons (Fsp3) is 0.375. The number of hydrogen-bond donors (Lipinski definition) is 0. The van der Waals surface area contributed by atoms with Gasteiger partial charge < -0.3 is 14.4 Å².